The van der Waals surface area contributed by atoms with Gasteiger partial charge in [-0.3, -0.25) is 4.90 Å². The highest BCUT2D eigenvalue weighted by Crippen LogP contribution is 2.36. The first-order chi connectivity index (χ1) is 21.2. The van der Waals surface area contributed by atoms with Crippen molar-refractivity contribution in [1.29, 1.82) is 0 Å². The molecule has 1 aromatic heterocycles. The van der Waals surface area contributed by atoms with Gasteiger partial charge in [-0.05, 0) is 41.8 Å². The van der Waals surface area contributed by atoms with E-state index in [4.69, 9.17) is 23.9 Å². The fourth-order valence-corrected chi connectivity index (χ4v) is 5.81. The molecule has 5 aromatic rings. The molecule has 218 valence electrons. The van der Waals surface area contributed by atoms with Gasteiger partial charge in [-0.15, -0.1) is 0 Å². The highest BCUT2D eigenvalue weighted by molar-refractivity contribution is 5.68. The molecule has 3 heterocycles. The highest BCUT2D eigenvalue weighted by Gasteiger charge is 2.23. The first-order valence-electron chi connectivity index (χ1n) is 14.9. The smallest absolute Gasteiger partial charge is 0.231 e. The lowest BCUT2D eigenvalue weighted by Crippen LogP contribution is -2.24. The Bertz CT molecular complexity index is 1640. The van der Waals surface area contributed by atoms with E-state index >= 15 is 0 Å². The van der Waals surface area contributed by atoms with E-state index in [-0.39, 0.29) is 13.6 Å². The zero-order valence-corrected chi connectivity index (χ0v) is 24.4. The number of imidazole rings is 1. The quantitative estimate of drug-likeness (QED) is 0.162. The van der Waals surface area contributed by atoms with E-state index in [1.807, 2.05) is 12.1 Å². The predicted octanol–water partition coefficient (Wildman–Crippen LogP) is 7.68. The summed E-state index contributed by atoms with van der Waals surface area (Å²) in [6.45, 7) is 5.81. The van der Waals surface area contributed by atoms with E-state index in [1.54, 1.807) is 0 Å². The third kappa shape index (κ3) is 5.81. The second-order valence-corrected chi connectivity index (χ2v) is 11.0. The van der Waals surface area contributed by atoms with Crippen LogP contribution in [0.4, 0.5) is 0 Å². The van der Waals surface area contributed by atoms with Crippen molar-refractivity contribution in [3.05, 3.63) is 114 Å². The molecule has 0 aliphatic carbocycles. The molecule has 0 bridgehead atoms. The highest BCUT2D eigenvalue weighted by atomic mass is 16.7. The van der Waals surface area contributed by atoms with Crippen LogP contribution < -0.4 is 18.9 Å². The van der Waals surface area contributed by atoms with Crippen molar-refractivity contribution < 1.29 is 18.9 Å². The second-order valence-electron chi connectivity index (χ2n) is 11.0. The van der Waals surface area contributed by atoms with Gasteiger partial charge in [-0.1, -0.05) is 86.1 Å². The Morgan fingerprint density at radius 1 is 0.651 bits per heavy atom. The molecule has 2 aliphatic heterocycles. The summed E-state index contributed by atoms with van der Waals surface area (Å²) < 4.78 is 25.0. The Balaban J connectivity index is 1.31. The molecule has 2 aliphatic rings. The number of rotatable bonds is 11. The topological polar surface area (TPSA) is 58.0 Å². The molecule has 0 amide bonds. The van der Waals surface area contributed by atoms with Gasteiger partial charge in [0.25, 0.3) is 0 Å². The van der Waals surface area contributed by atoms with Crippen LogP contribution in [0, 0.1) is 0 Å². The van der Waals surface area contributed by atoms with Crippen LogP contribution >= 0.6 is 0 Å². The van der Waals surface area contributed by atoms with Crippen molar-refractivity contribution >= 4 is 0 Å². The normalized spacial score (nSPS) is 13.2. The van der Waals surface area contributed by atoms with Crippen LogP contribution in [0.3, 0.4) is 0 Å². The summed E-state index contributed by atoms with van der Waals surface area (Å²) in [4.78, 5) is 7.80. The average molecular weight is 574 g/mol. The van der Waals surface area contributed by atoms with Crippen molar-refractivity contribution in [1.82, 2.24) is 14.5 Å². The molecule has 0 unspecified atom stereocenters. The molecule has 7 rings (SSSR count). The molecule has 43 heavy (non-hydrogen) atoms. The largest absolute Gasteiger partial charge is 0.454 e. The molecular formula is C36H35N3O4. The number of hydrogen-bond donors (Lipinski definition) is 0. The van der Waals surface area contributed by atoms with Crippen molar-refractivity contribution in [2.45, 2.75) is 45.9 Å². The van der Waals surface area contributed by atoms with Gasteiger partial charge in [-0.2, -0.15) is 0 Å². The summed E-state index contributed by atoms with van der Waals surface area (Å²) in [7, 11) is 0. The number of benzene rings is 4. The van der Waals surface area contributed by atoms with Gasteiger partial charge in [0.15, 0.2) is 23.0 Å². The summed E-state index contributed by atoms with van der Waals surface area (Å²) >= 11 is 0. The maximum Gasteiger partial charge on any atom is 0.231 e. The zero-order chi connectivity index (χ0) is 29.0. The van der Waals surface area contributed by atoms with E-state index in [0.29, 0.717) is 6.54 Å². The lowest BCUT2D eigenvalue weighted by Gasteiger charge is -2.25. The van der Waals surface area contributed by atoms with Crippen molar-refractivity contribution in [3.63, 3.8) is 0 Å². The number of aromatic nitrogens is 2. The molecule has 0 atom stereocenters. The number of nitrogens with zero attached hydrogens (tertiary/aromatic N) is 3. The minimum absolute atomic E-state index is 0.263. The molecule has 0 N–H and O–H groups in total. The average Bonchev–Trinajstić information content (AvgIpc) is 3.79. The number of unbranched alkanes of at least 4 members (excludes halogenated alkanes) is 1. The van der Waals surface area contributed by atoms with E-state index in [2.05, 4.69) is 101 Å². The first-order valence-corrected chi connectivity index (χ1v) is 14.9. The summed E-state index contributed by atoms with van der Waals surface area (Å²) in [5, 5.41) is 0. The van der Waals surface area contributed by atoms with Crippen molar-refractivity contribution in [3.8, 4) is 45.6 Å². The Labute approximate surface area is 252 Å². The zero-order valence-electron chi connectivity index (χ0n) is 24.4. The number of hydrogen-bond acceptors (Lipinski definition) is 6. The Morgan fingerprint density at radius 2 is 1.21 bits per heavy atom. The summed E-state index contributed by atoms with van der Waals surface area (Å²) in [5.41, 5.74) is 6.80. The number of fused-ring (bicyclic) bond motifs is 2. The molecule has 7 heteroatoms. The molecule has 0 fully saturated rings. The third-order valence-electron chi connectivity index (χ3n) is 7.95. The van der Waals surface area contributed by atoms with Gasteiger partial charge in [0, 0.05) is 37.3 Å². The van der Waals surface area contributed by atoms with Crippen LogP contribution in [-0.4, -0.2) is 28.0 Å². The lowest BCUT2D eigenvalue weighted by molar-refractivity contribution is 0.173. The van der Waals surface area contributed by atoms with Gasteiger partial charge in [-0.25, -0.2) is 4.98 Å². The van der Waals surface area contributed by atoms with Gasteiger partial charge in [0.1, 0.15) is 5.82 Å². The van der Waals surface area contributed by atoms with Gasteiger partial charge < -0.3 is 23.5 Å². The van der Waals surface area contributed by atoms with Crippen LogP contribution in [0.1, 0.15) is 36.6 Å². The number of ether oxygens (including phenoxy) is 4. The molecular weight excluding hydrogens is 538 g/mol. The van der Waals surface area contributed by atoms with Gasteiger partial charge in [0.05, 0.1) is 11.4 Å². The third-order valence-corrected chi connectivity index (χ3v) is 7.95. The maximum atomic E-state index is 5.72. The lowest BCUT2D eigenvalue weighted by atomic mass is 10.1. The van der Waals surface area contributed by atoms with E-state index in [0.717, 1.165) is 89.2 Å². The Kier molecular flexibility index (Phi) is 7.71. The van der Waals surface area contributed by atoms with E-state index in [1.165, 1.54) is 5.69 Å². The standard InChI is InChI=1S/C36H35N3O4/c1-2-3-18-39-30(35(28-10-6-4-7-11-28)37-36(39)29-12-8-5-9-13-29)23-38(21-26-14-16-31-33(19-26)42-24-40-31)22-27-15-17-32-34(20-27)43-25-41-32/h4-17,19-20H,2-3,18,21-25H2,1H3. The Hall–Kier alpha value is -4.75. The maximum absolute atomic E-state index is 5.72. The SMILES string of the molecule is CCCCn1c(-c2ccccc2)nc(-c2ccccc2)c1CN(Cc1ccc2c(c1)OCO2)Cc1ccc2c(c1)OCO2. The monoisotopic (exact) mass is 573 g/mol. The van der Waals surface area contributed by atoms with Crippen LogP contribution in [0.15, 0.2) is 97.1 Å². The predicted molar refractivity (Wildman–Crippen MR) is 166 cm³/mol. The molecule has 0 saturated heterocycles. The minimum atomic E-state index is 0.263. The summed E-state index contributed by atoms with van der Waals surface area (Å²) in [6.07, 6.45) is 2.17. The molecule has 4 aromatic carbocycles. The first kappa shape index (κ1) is 27.1. The molecule has 0 radical (unpaired) electrons. The minimum Gasteiger partial charge on any atom is -0.454 e. The van der Waals surface area contributed by atoms with Crippen LogP contribution in [0.5, 0.6) is 23.0 Å². The molecule has 7 nitrogen and oxygen atoms in total. The van der Waals surface area contributed by atoms with Crippen LogP contribution in [-0.2, 0) is 26.2 Å². The van der Waals surface area contributed by atoms with E-state index < -0.39 is 0 Å². The van der Waals surface area contributed by atoms with Gasteiger partial charge in [0.2, 0.25) is 13.6 Å². The summed E-state index contributed by atoms with van der Waals surface area (Å²) in [5.74, 6) is 4.19. The fourth-order valence-electron chi connectivity index (χ4n) is 5.81. The molecule has 0 saturated carbocycles. The van der Waals surface area contributed by atoms with Crippen LogP contribution in [0.25, 0.3) is 22.6 Å². The molecule has 0 spiro atoms. The van der Waals surface area contributed by atoms with Crippen molar-refractivity contribution in [2.24, 2.45) is 0 Å². The van der Waals surface area contributed by atoms with Crippen molar-refractivity contribution in [2.75, 3.05) is 13.6 Å². The fraction of sp³-hybridized carbons (Fsp3) is 0.250. The summed E-state index contributed by atoms with van der Waals surface area (Å²) in [6, 6.07) is 33.5. The second kappa shape index (κ2) is 12.2. The van der Waals surface area contributed by atoms with Gasteiger partial charge >= 0.3 is 0 Å². The van der Waals surface area contributed by atoms with E-state index in [9.17, 15) is 0 Å². The van der Waals surface area contributed by atoms with Crippen LogP contribution in [0.2, 0.25) is 0 Å². The Morgan fingerprint density at radius 3 is 1.79 bits per heavy atom.